The van der Waals surface area contributed by atoms with Crippen LogP contribution in [0.3, 0.4) is 0 Å². The van der Waals surface area contributed by atoms with Crippen LogP contribution in [-0.2, 0) is 4.74 Å². The van der Waals surface area contributed by atoms with Crippen LogP contribution in [0, 0.1) is 5.92 Å². The van der Waals surface area contributed by atoms with Gasteiger partial charge in [-0.3, -0.25) is 0 Å². The Morgan fingerprint density at radius 2 is 1.67 bits per heavy atom. The number of hydrogen-bond donors (Lipinski definition) is 2. The summed E-state index contributed by atoms with van der Waals surface area (Å²) < 4.78 is 5.18. The minimum absolute atomic E-state index is 0.117. The molecule has 0 heterocycles. The van der Waals surface area contributed by atoms with Gasteiger partial charge in [-0.2, -0.15) is 0 Å². The quantitative estimate of drug-likeness (QED) is 0.561. The minimum Gasteiger partial charge on any atom is -0.444 e. The largest absolute Gasteiger partial charge is 0.444 e. The SMILES string of the molecule is CCCCCCCCCC(CO)CNC(=O)OC(C)(C)C. The Kier molecular flexibility index (Phi) is 11.4. The van der Waals surface area contributed by atoms with E-state index in [0.29, 0.717) is 6.54 Å². The van der Waals surface area contributed by atoms with Crippen molar-refractivity contribution >= 4 is 6.09 Å². The van der Waals surface area contributed by atoms with Gasteiger partial charge in [-0.1, -0.05) is 51.9 Å². The molecule has 0 spiro atoms. The average molecular weight is 301 g/mol. The summed E-state index contributed by atoms with van der Waals surface area (Å²) in [6, 6.07) is 0. The molecular formula is C17H35NO3. The number of aliphatic hydroxyl groups is 1. The predicted molar refractivity (Wildman–Crippen MR) is 87.4 cm³/mol. The molecule has 0 aromatic rings. The number of rotatable bonds is 11. The molecule has 0 radical (unpaired) electrons. The van der Waals surface area contributed by atoms with Crippen molar-refractivity contribution in [3.63, 3.8) is 0 Å². The molecule has 2 N–H and O–H groups in total. The Labute approximate surface area is 130 Å². The van der Waals surface area contributed by atoms with Crippen LogP contribution in [0.5, 0.6) is 0 Å². The molecule has 1 amide bonds. The fourth-order valence-electron chi connectivity index (χ4n) is 2.19. The molecule has 0 aliphatic heterocycles. The lowest BCUT2D eigenvalue weighted by Gasteiger charge is -2.21. The molecule has 0 aromatic heterocycles. The van der Waals surface area contributed by atoms with Crippen LogP contribution >= 0.6 is 0 Å². The number of carbonyl (C=O) groups excluding carboxylic acids is 1. The molecule has 1 atom stereocenters. The zero-order valence-electron chi connectivity index (χ0n) is 14.4. The highest BCUT2D eigenvalue weighted by atomic mass is 16.6. The van der Waals surface area contributed by atoms with E-state index in [2.05, 4.69) is 12.2 Å². The Hall–Kier alpha value is -0.770. The summed E-state index contributed by atoms with van der Waals surface area (Å²) >= 11 is 0. The van der Waals surface area contributed by atoms with Gasteiger partial charge in [0.2, 0.25) is 0 Å². The van der Waals surface area contributed by atoms with Gasteiger partial charge in [0.1, 0.15) is 5.60 Å². The molecule has 0 saturated carbocycles. The molecule has 0 saturated heterocycles. The monoisotopic (exact) mass is 301 g/mol. The first kappa shape index (κ1) is 20.2. The summed E-state index contributed by atoms with van der Waals surface area (Å²) in [5.41, 5.74) is -0.475. The normalized spacial score (nSPS) is 13.0. The zero-order chi connectivity index (χ0) is 16.1. The first-order valence-electron chi connectivity index (χ1n) is 8.46. The van der Waals surface area contributed by atoms with E-state index in [-0.39, 0.29) is 12.5 Å². The smallest absolute Gasteiger partial charge is 0.407 e. The topological polar surface area (TPSA) is 58.6 Å². The maximum absolute atomic E-state index is 11.5. The van der Waals surface area contributed by atoms with Crippen molar-refractivity contribution in [3.05, 3.63) is 0 Å². The van der Waals surface area contributed by atoms with Crippen LogP contribution in [0.15, 0.2) is 0 Å². The molecule has 0 aliphatic carbocycles. The highest BCUT2D eigenvalue weighted by molar-refractivity contribution is 5.67. The van der Waals surface area contributed by atoms with Crippen LogP contribution in [0.4, 0.5) is 4.79 Å². The minimum atomic E-state index is -0.475. The third kappa shape index (κ3) is 13.9. The van der Waals surface area contributed by atoms with Gasteiger partial charge in [0.25, 0.3) is 0 Å². The molecule has 21 heavy (non-hydrogen) atoms. The van der Waals surface area contributed by atoms with E-state index < -0.39 is 11.7 Å². The Bertz CT molecular complexity index is 261. The lowest BCUT2D eigenvalue weighted by molar-refractivity contribution is 0.0511. The maximum atomic E-state index is 11.5. The molecule has 4 heteroatoms. The summed E-state index contributed by atoms with van der Waals surface area (Å²) in [6.07, 6.45) is 9.42. The average Bonchev–Trinajstić information content (AvgIpc) is 2.39. The molecule has 1 unspecified atom stereocenters. The highest BCUT2D eigenvalue weighted by Gasteiger charge is 2.17. The Morgan fingerprint density at radius 3 is 2.19 bits per heavy atom. The summed E-state index contributed by atoms with van der Waals surface area (Å²) in [6.45, 7) is 8.36. The molecule has 0 bridgehead atoms. The van der Waals surface area contributed by atoms with Crippen molar-refractivity contribution in [3.8, 4) is 0 Å². The summed E-state index contributed by atoms with van der Waals surface area (Å²) in [5.74, 6) is 0.133. The highest BCUT2D eigenvalue weighted by Crippen LogP contribution is 2.13. The van der Waals surface area contributed by atoms with Gasteiger partial charge in [-0.15, -0.1) is 0 Å². The third-order valence-corrected chi connectivity index (χ3v) is 3.41. The summed E-state index contributed by atoms with van der Waals surface area (Å²) in [4.78, 5) is 11.5. The van der Waals surface area contributed by atoms with Crippen molar-refractivity contribution < 1.29 is 14.6 Å². The van der Waals surface area contributed by atoms with Gasteiger partial charge in [0.05, 0.1) is 0 Å². The summed E-state index contributed by atoms with van der Waals surface area (Å²) in [7, 11) is 0. The van der Waals surface area contributed by atoms with E-state index >= 15 is 0 Å². The number of amides is 1. The van der Waals surface area contributed by atoms with Crippen molar-refractivity contribution in [2.45, 2.75) is 84.7 Å². The van der Waals surface area contributed by atoms with Gasteiger partial charge in [0, 0.05) is 13.2 Å². The lowest BCUT2D eigenvalue weighted by atomic mass is 10.0. The molecule has 0 aliphatic rings. The zero-order valence-corrected chi connectivity index (χ0v) is 14.4. The fourth-order valence-corrected chi connectivity index (χ4v) is 2.19. The van der Waals surface area contributed by atoms with E-state index in [1.54, 1.807) is 0 Å². The van der Waals surface area contributed by atoms with Crippen molar-refractivity contribution in [1.82, 2.24) is 5.32 Å². The second-order valence-electron chi connectivity index (χ2n) is 6.84. The first-order chi connectivity index (χ1) is 9.89. The van der Waals surface area contributed by atoms with Gasteiger partial charge >= 0.3 is 6.09 Å². The van der Waals surface area contributed by atoms with Crippen LogP contribution in [0.25, 0.3) is 0 Å². The molecular weight excluding hydrogens is 266 g/mol. The van der Waals surface area contributed by atoms with Gasteiger partial charge in [-0.05, 0) is 33.1 Å². The second kappa shape index (κ2) is 11.8. The lowest BCUT2D eigenvalue weighted by Crippen LogP contribution is -2.36. The van der Waals surface area contributed by atoms with E-state index in [9.17, 15) is 9.90 Å². The predicted octanol–water partition coefficient (Wildman–Crippen LogP) is 4.26. The van der Waals surface area contributed by atoms with E-state index in [1.165, 1.54) is 38.5 Å². The molecule has 0 rings (SSSR count). The second-order valence-corrected chi connectivity index (χ2v) is 6.84. The fraction of sp³-hybridized carbons (Fsp3) is 0.941. The summed E-state index contributed by atoms with van der Waals surface area (Å²) in [5, 5.41) is 12.1. The Balaban J connectivity index is 3.64. The maximum Gasteiger partial charge on any atom is 0.407 e. The molecule has 0 aromatic carbocycles. The van der Waals surface area contributed by atoms with Crippen LogP contribution in [-0.4, -0.2) is 30.0 Å². The number of ether oxygens (including phenoxy) is 1. The number of aliphatic hydroxyl groups excluding tert-OH is 1. The number of carbonyl (C=O) groups is 1. The third-order valence-electron chi connectivity index (χ3n) is 3.41. The molecule has 4 nitrogen and oxygen atoms in total. The van der Waals surface area contributed by atoms with Crippen molar-refractivity contribution in [2.24, 2.45) is 5.92 Å². The number of hydrogen-bond acceptors (Lipinski definition) is 3. The van der Waals surface area contributed by atoms with Gasteiger partial charge in [0.15, 0.2) is 0 Å². The van der Waals surface area contributed by atoms with Crippen molar-refractivity contribution in [1.29, 1.82) is 0 Å². The van der Waals surface area contributed by atoms with Gasteiger partial charge in [-0.25, -0.2) is 4.79 Å². The number of nitrogens with one attached hydrogen (secondary N) is 1. The standard InChI is InChI=1S/C17H35NO3/c1-5-6-7-8-9-10-11-12-15(14-19)13-18-16(20)21-17(2,3)4/h15,19H,5-14H2,1-4H3,(H,18,20). The molecule has 0 fully saturated rings. The number of unbranched alkanes of at least 4 members (excludes halogenated alkanes) is 6. The van der Waals surface area contributed by atoms with E-state index in [1.807, 2.05) is 20.8 Å². The first-order valence-corrected chi connectivity index (χ1v) is 8.46. The van der Waals surface area contributed by atoms with E-state index in [0.717, 1.165) is 12.8 Å². The van der Waals surface area contributed by atoms with Gasteiger partial charge < -0.3 is 15.2 Å². The van der Waals surface area contributed by atoms with Crippen LogP contribution < -0.4 is 5.32 Å². The van der Waals surface area contributed by atoms with Crippen LogP contribution in [0.2, 0.25) is 0 Å². The Morgan fingerprint density at radius 1 is 1.10 bits per heavy atom. The van der Waals surface area contributed by atoms with Crippen molar-refractivity contribution in [2.75, 3.05) is 13.2 Å². The van der Waals surface area contributed by atoms with E-state index in [4.69, 9.17) is 4.74 Å². The molecule has 126 valence electrons. The number of alkyl carbamates (subject to hydrolysis) is 1. The van der Waals surface area contributed by atoms with Crippen LogP contribution in [0.1, 0.15) is 79.1 Å².